The highest BCUT2D eigenvalue weighted by Crippen LogP contribution is 2.07. The summed E-state index contributed by atoms with van der Waals surface area (Å²) in [5.74, 6) is 0. The molecule has 0 spiro atoms. The number of rotatable bonds is 6. The number of nitrogens with one attached hydrogen (secondary N) is 2. The molecule has 0 bridgehead atoms. The Kier molecular flexibility index (Phi) is 5.74. The molecule has 1 aromatic rings. The lowest BCUT2D eigenvalue weighted by Crippen LogP contribution is -2.40. The quantitative estimate of drug-likeness (QED) is 0.693. The molecule has 0 saturated heterocycles. The Morgan fingerprint density at radius 1 is 1.32 bits per heavy atom. The van der Waals surface area contributed by atoms with Crippen molar-refractivity contribution in [2.24, 2.45) is 5.73 Å². The van der Waals surface area contributed by atoms with Crippen LogP contribution in [0, 0.1) is 0 Å². The molecule has 0 fully saturated rings. The Morgan fingerprint density at radius 2 is 1.95 bits per heavy atom. The van der Waals surface area contributed by atoms with Crippen molar-refractivity contribution < 1.29 is 17.9 Å². The van der Waals surface area contributed by atoms with Gasteiger partial charge in [-0.05, 0) is 18.1 Å². The van der Waals surface area contributed by atoms with Crippen molar-refractivity contribution in [2.45, 2.75) is 20.0 Å². The summed E-state index contributed by atoms with van der Waals surface area (Å²) in [4.78, 5) is 11.0. The number of hydrogen-bond acceptors (Lipinski definition) is 5. The van der Waals surface area contributed by atoms with Crippen LogP contribution in [0.25, 0.3) is 0 Å². The maximum Gasteiger partial charge on any atom is 0.421 e. The fourth-order valence-electron chi connectivity index (χ4n) is 1.41. The molecule has 106 valence electrons. The fourth-order valence-corrected chi connectivity index (χ4v) is 2.10. The van der Waals surface area contributed by atoms with Gasteiger partial charge in [-0.3, -0.25) is 0 Å². The van der Waals surface area contributed by atoms with Crippen LogP contribution >= 0.6 is 0 Å². The molecule has 0 unspecified atom stereocenters. The Hall–Kier alpha value is -1.64. The molecular formula is C11H17N3O4S. The SMILES string of the molecule is CCOC(=O)NS(=O)(=O)NCc1ccccc1CN. The summed E-state index contributed by atoms with van der Waals surface area (Å²) in [6.07, 6.45) is -1.01. The average molecular weight is 287 g/mol. The largest absolute Gasteiger partial charge is 0.449 e. The van der Waals surface area contributed by atoms with Crippen LogP contribution in [0.2, 0.25) is 0 Å². The number of hydrogen-bond donors (Lipinski definition) is 3. The number of nitrogens with two attached hydrogens (primary N) is 1. The minimum absolute atomic E-state index is 0.0438. The van der Waals surface area contributed by atoms with Crippen molar-refractivity contribution in [2.75, 3.05) is 6.61 Å². The predicted octanol–water partition coefficient (Wildman–Crippen LogP) is 0.226. The van der Waals surface area contributed by atoms with Gasteiger partial charge in [-0.15, -0.1) is 0 Å². The molecule has 0 heterocycles. The molecule has 4 N–H and O–H groups in total. The lowest BCUT2D eigenvalue weighted by Gasteiger charge is -2.10. The van der Waals surface area contributed by atoms with Crippen molar-refractivity contribution in [3.63, 3.8) is 0 Å². The molecule has 0 aliphatic heterocycles. The number of amides is 1. The molecule has 0 aliphatic carbocycles. The number of carbonyl (C=O) groups is 1. The first-order valence-electron chi connectivity index (χ1n) is 5.69. The third-order valence-electron chi connectivity index (χ3n) is 2.28. The zero-order chi connectivity index (χ0) is 14.3. The van der Waals surface area contributed by atoms with Gasteiger partial charge in [0.2, 0.25) is 0 Å². The van der Waals surface area contributed by atoms with Gasteiger partial charge in [0.25, 0.3) is 0 Å². The van der Waals surface area contributed by atoms with Gasteiger partial charge in [0.15, 0.2) is 0 Å². The average Bonchev–Trinajstić information content (AvgIpc) is 2.36. The number of benzene rings is 1. The topological polar surface area (TPSA) is 111 Å². The van der Waals surface area contributed by atoms with Crippen LogP contribution in [0.3, 0.4) is 0 Å². The molecule has 0 radical (unpaired) electrons. The van der Waals surface area contributed by atoms with E-state index in [9.17, 15) is 13.2 Å². The molecule has 0 aliphatic rings. The molecule has 1 aromatic carbocycles. The Bertz CT molecular complexity index is 530. The summed E-state index contributed by atoms with van der Waals surface area (Å²) in [6, 6.07) is 7.16. The highest BCUT2D eigenvalue weighted by Gasteiger charge is 2.14. The van der Waals surface area contributed by atoms with Crippen LogP contribution < -0.4 is 15.2 Å². The summed E-state index contributed by atoms with van der Waals surface area (Å²) in [7, 11) is -3.94. The Morgan fingerprint density at radius 3 is 2.53 bits per heavy atom. The zero-order valence-electron chi connectivity index (χ0n) is 10.5. The molecule has 0 atom stereocenters. The Balaban J connectivity index is 2.62. The van der Waals surface area contributed by atoms with E-state index in [1.165, 1.54) is 0 Å². The first kappa shape index (κ1) is 15.4. The minimum atomic E-state index is -3.94. The molecule has 1 amide bonds. The lowest BCUT2D eigenvalue weighted by atomic mass is 10.1. The van der Waals surface area contributed by atoms with E-state index >= 15 is 0 Å². The molecular weight excluding hydrogens is 270 g/mol. The van der Waals surface area contributed by atoms with E-state index in [4.69, 9.17) is 5.73 Å². The summed E-state index contributed by atoms with van der Waals surface area (Å²) in [5, 5.41) is 0. The zero-order valence-corrected chi connectivity index (χ0v) is 11.4. The van der Waals surface area contributed by atoms with Crippen LogP contribution in [-0.2, 0) is 28.0 Å². The van der Waals surface area contributed by atoms with Crippen LogP contribution in [0.5, 0.6) is 0 Å². The van der Waals surface area contributed by atoms with Crippen LogP contribution in [0.4, 0.5) is 4.79 Å². The predicted molar refractivity (Wildman–Crippen MR) is 70.3 cm³/mol. The van der Waals surface area contributed by atoms with Gasteiger partial charge in [-0.1, -0.05) is 24.3 Å². The minimum Gasteiger partial charge on any atom is -0.449 e. The van der Waals surface area contributed by atoms with Gasteiger partial charge in [-0.2, -0.15) is 13.1 Å². The van der Waals surface area contributed by atoms with Crippen LogP contribution in [-0.4, -0.2) is 21.1 Å². The third-order valence-corrected chi connectivity index (χ3v) is 3.24. The van der Waals surface area contributed by atoms with Crippen molar-refractivity contribution in [1.29, 1.82) is 0 Å². The summed E-state index contributed by atoms with van der Waals surface area (Å²) in [6.45, 7) is 2.03. The van der Waals surface area contributed by atoms with E-state index < -0.39 is 16.3 Å². The van der Waals surface area contributed by atoms with E-state index in [1.54, 1.807) is 23.8 Å². The van der Waals surface area contributed by atoms with E-state index in [2.05, 4.69) is 9.46 Å². The molecule has 7 nitrogen and oxygen atoms in total. The van der Waals surface area contributed by atoms with E-state index in [0.717, 1.165) is 11.1 Å². The van der Waals surface area contributed by atoms with Gasteiger partial charge in [0.1, 0.15) is 0 Å². The summed E-state index contributed by atoms with van der Waals surface area (Å²) < 4.78 is 31.5. The highest BCUT2D eigenvalue weighted by atomic mass is 32.2. The second-order valence-electron chi connectivity index (χ2n) is 3.62. The first-order chi connectivity index (χ1) is 8.98. The highest BCUT2D eigenvalue weighted by molar-refractivity contribution is 7.88. The van der Waals surface area contributed by atoms with Crippen molar-refractivity contribution >= 4 is 16.3 Å². The van der Waals surface area contributed by atoms with Gasteiger partial charge in [-0.25, -0.2) is 9.52 Å². The van der Waals surface area contributed by atoms with Crippen LogP contribution in [0.15, 0.2) is 24.3 Å². The molecule has 0 aromatic heterocycles. The monoisotopic (exact) mass is 287 g/mol. The van der Waals surface area contributed by atoms with Gasteiger partial charge in [0, 0.05) is 13.1 Å². The normalized spacial score (nSPS) is 11.1. The van der Waals surface area contributed by atoms with Gasteiger partial charge in [0.05, 0.1) is 6.61 Å². The maximum atomic E-state index is 11.5. The molecule has 0 saturated carbocycles. The lowest BCUT2D eigenvalue weighted by molar-refractivity contribution is 0.158. The van der Waals surface area contributed by atoms with Gasteiger partial charge >= 0.3 is 16.3 Å². The molecule has 19 heavy (non-hydrogen) atoms. The number of ether oxygens (including phenoxy) is 1. The maximum absolute atomic E-state index is 11.5. The smallest absolute Gasteiger partial charge is 0.421 e. The summed E-state index contributed by atoms with van der Waals surface area (Å²) >= 11 is 0. The number of carbonyl (C=O) groups excluding carboxylic acids is 1. The Labute approximate surface area is 112 Å². The second kappa shape index (κ2) is 7.07. The fraction of sp³-hybridized carbons (Fsp3) is 0.364. The summed E-state index contributed by atoms with van der Waals surface area (Å²) in [5.41, 5.74) is 7.13. The van der Waals surface area contributed by atoms with E-state index in [1.807, 2.05) is 12.1 Å². The first-order valence-corrected chi connectivity index (χ1v) is 7.18. The second-order valence-corrected chi connectivity index (χ2v) is 5.12. The van der Waals surface area contributed by atoms with Crippen molar-refractivity contribution in [3.05, 3.63) is 35.4 Å². The third kappa shape index (κ3) is 5.25. The van der Waals surface area contributed by atoms with E-state index in [0.29, 0.717) is 6.54 Å². The molecule has 8 heteroatoms. The van der Waals surface area contributed by atoms with Crippen LogP contribution in [0.1, 0.15) is 18.1 Å². The van der Waals surface area contributed by atoms with Crippen molar-refractivity contribution in [3.8, 4) is 0 Å². The van der Waals surface area contributed by atoms with Crippen molar-refractivity contribution in [1.82, 2.24) is 9.44 Å². The standard InChI is InChI=1S/C11H17N3O4S/c1-2-18-11(15)14-19(16,17)13-8-10-6-4-3-5-9(10)7-12/h3-6,13H,2,7-8,12H2,1H3,(H,14,15). The van der Waals surface area contributed by atoms with Gasteiger partial charge < -0.3 is 10.5 Å². The van der Waals surface area contributed by atoms with E-state index in [-0.39, 0.29) is 13.2 Å². The molecule has 1 rings (SSSR count).